The highest BCUT2D eigenvalue weighted by atomic mass is 35.5. The van der Waals surface area contributed by atoms with E-state index in [9.17, 15) is 38.4 Å². The molecule has 2 unspecified atom stereocenters. The summed E-state index contributed by atoms with van der Waals surface area (Å²) in [6.45, 7) is 12.5. The van der Waals surface area contributed by atoms with Gasteiger partial charge in [0, 0.05) is 41.6 Å². The van der Waals surface area contributed by atoms with Crippen LogP contribution in [0, 0.1) is 25.2 Å². The number of ketones is 1. The van der Waals surface area contributed by atoms with Crippen molar-refractivity contribution in [3.63, 3.8) is 0 Å². The first kappa shape index (κ1) is 57.6. The van der Waals surface area contributed by atoms with E-state index in [1.165, 1.54) is 52.1 Å². The van der Waals surface area contributed by atoms with E-state index in [0.717, 1.165) is 37.2 Å². The Morgan fingerprint density at radius 1 is 0.818 bits per heavy atom. The number of imide groups is 2. The number of hydrogen-bond donors (Lipinski definition) is 2. The van der Waals surface area contributed by atoms with Crippen LogP contribution in [0.5, 0.6) is 5.75 Å². The first-order valence-electron chi connectivity index (χ1n) is 24.0. The SMILES string of the molecule is C=CC1CC(=O)N(c2ccc(Cl)c([N+]3=NN(c4c(Cl)cc(Cl)cc4Cl)C(=O)C3)c2)C1=O.Cc1ccc(OCCCC(=O)Nc2ccc(Cl)c(NC(=O)C(C(=O)C(C)(C)C)N3C(=O)CN(Cc4ccccc4)C3=O)c2)c(C)c1. The molecule has 2 saturated heterocycles. The van der Waals surface area contributed by atoms with Gasteiger partial charge in [0.1, 0.15) is 17.5 Å². The number of urea groups is 1. The van der Waals surface area contributed by atoms with Crippen LogP contribution in [0.3, 0.4) is 0 Å². The van der Waals surface area contributed by atoms with Crippen molar-refractivity contribution in [2.24, 2.45) is 16.6 Å². The van der Waals surface area contributed by atoms with Crippen molar-refractivity contribution < 1.29 is 47.8 Å². The second-order valence-electron chi connectivity index (χ2n) is 19.2. The molecule has 8 amide bonds. The molecular formula is C55H52Cl5N8O9+. The monoisotopic (exact) mass is 1140 g/mol. The molecule has 5 aromatic rings. The van der Waals surface area contributed by atoms with Crippen LogP contribution in [-0.4, -0.2) is 87.5 Å². The number of Topliss-reactive ketones (excluding diaryl/α,β-unsaturated/α-hetero) is 1. The Balaban J connectivity index is 0.000000241. The molecular weight excluding hydrogens is 1090 g/mol. The fourth-order valence-corrected chi connectivity index (χ4v) is 9.74. The number of anilines is 4. The van der Waals surface area contributed by atoms with Gasteiger partial charge in [-0.3, -0.25) is 28.8 Å². The van der Waals surface area contributed by atoms with E-state index < -0.39 is 46.9 Å². The molecule has 0 aliphatic carbocycles. The first-order chi connectivity index (χ1) is 36.4. The minimum atomic E-state index is -1.73. The Bertz CT molecular complexity index is 3230. The largest absolute Gasteiger partial charge is 0.493 e. The van der Waals surface area contributed by atoms with Crippen LogP contribution in [-0.2, 0) is 40.1 Å². The van der Waals surface area contributed by atoms with E-state index in [4.69, 9.17) is 62.7 Å². The zero-order chi connectivity index (χ0) is 56.0. The van der Waals surface area contributed by atoms with Gasteiger partial charge in [-0.25, -0.2) is 19.4 Å². The lowest BCUT2D eigenvalue weighted by Gasteiger charge is -2.29. The average molecular weight is 1150 g/mol. The maximum atomic E-state index is 13.7. The summed E-state index contributed by atoms with van der Waals surface area (Å²) < 4.78 is 7.14. The second-order valence-corrected chi connectivity index (χ2v) is 21.2. The summed E-state index contributed by atoms with van der Waals surface area (Å²) >= 11 is 31.1. The molecule has 3 heterocycles. The fourth-order valence-electron chi connectivity index (χ4n) is 8.38. The average Bonchev–Trinajstić information content (AvgIpc) is 3.99. The van der Waals surface area contributed by atoms with Crippen molar-refractivity contribution >= 4 is 134 Å². The summed E-state index contributed by atoms with van der Waals surface area (Å²) in [5.41, 5.74) is 3.21. The number of ether oxygens (including phenoxy) is 1. The number of hydrogen-bond acceptors (Lipinski definition) is 10. The maximum Gasteiger partial charge on any atom is 0.379 e. The van der Waals surface area contributed by atoms with Gasteiger partial charge in [0.05, 0.1) is 44.0 Å². The highest BCUT2D eigenvalue weighted by molar-refractivity contribution is 6.42. The van der Waals surface area contributed by atoms with E-state index in [2.05, 4.69) is 22.4 Å². The van der Waals surface area contributed by atoms with Crippen LogP contribution < -0.4 is 25.3 Å². The van der Waals surface area contributed by atoms with Gasteiger partial charge in [-0.15, -0.1) is 11.3 Å². The number of carbonyl (C=O) groups excluding carboxylic acids is 8. The van der Waals surface area contributed by atoms with Gasteiger partial charge in [0.25, 0.3) is 11.8 Å². The Hall–Kier alpha value is -7.15. The molecule has 22 heteroatoms. The number of halogens is 5. The van der Waals surface area contributed by atoms with Crippen molar-refractivity contribution in [1.29, 1.82) is 0 Å². The molecule has 77 heavy (non-hydrogen) atoms. The third-order valence-electron chi connectivity index (χ3n) is 12.3. The van der Waals surface area contributed by atoms with Crippen LogP contribution in [0.1, 0.15) is 56.7 Å². The molecule has 0 spiro atoms. The summed E-state index contributed by atoms with van der Waals surface area (Å²) in [5.74, 6) is -3.36. The molecule has 0 saturated carbocycles. The number of rotatable bonds is 16. The van der Waals surface area contributed by atoms with E-state index in [1.807, 2.05) is 62.4 Å². The lowest BCUT2D eigenvalue weighted by Crippen LogP contribution is -2.55. The third kappa shape index (κ3) is 13.5. The zero-order valence-corrected chi connectivity index (χ0v) is 46.2. The summed E-state index contributed by atoms with van der Waals surface area (Å²) in [7, 11) is 0. The Labute approximate surface area is 469 Å². The number of benzene rings is 5. The topological polar surface area (TPSA) is 198 Å². The fraction of sp³-hybridized carbons (Fsp3) is 0.273. The molecule has 0 aromatic heterocycles. The van der Waals surface area contributed by atoms with Gasteiger partial charge in [0.2, 0.25) is 24.3 Å². The molecule has 0 bridgehead atoms. The quantitative estimate of drug-likeness (QED) is 0.0241. The summed E-state index contributed by atoms with van der Waals surface area (Å²) in [6, 6.07) is 24.6. The van der Waals surface area contributed by atoms with E-state index >= 15 is 0 Å². The molecule has 8 rings (SSSR count). The van der Waals surface area contributed by atoms with Gasteiger partial charge in [-0.05, 0) is 79.9 Å². The molecule has 2 N–H and O–H groups in total. The van der Waals surface area contributed by atoms with Crippen molar-refractivity contribution in [2.75, 3.05) is 40.2 Å². The van der Waals surface area contributed by atoms with Gasteiger partial charge < -0.3 is 20.3 Å². The van der Waals surface area contributed by atoms with Crippen molar-refractivity contribution in [1.82, 2.24) is 9.80 Å². The minimum absolute atomic E-state index is 0.0498. The first-order valence-corrected chi connectivity index (χ1v) is 25.9. The molecule has 3 aliphatic rings. The van der Waals surface area contributed by atoms with Gasteiger partial charge >= 0.3 is 11.9 Å². The van der Waals surface area contributed by atoms with Crippen LogP contribution in [0.15, 0.2) is 115 Å². The third-order valence-corrected chi connectivity index (χ3v) is 13.7. The standard InChI is InChI=1S/C35H39ClN4O6.C20H13Cl4N4O3/c1-22-13-16-28(23(2)18-22)46-17-9-12-29(41)37-25-14-15-26(36)27(19-25)38-33(44)31(32(43)35(3,4)5)40-30(42)21-39(34(40)45)20-24-10-7-6-8-11-24;1-2-10-5-17(29)27(20(10)31)12-3-4-13(22)16(8-12)26-9-18(30)28(25-26)19-14(23)6-11(21)7-15(19)24/h6-8,10-11,13-16,18-19,31H,9,12,17,20-21H2,1-5H3,(H,37,41)(H,38,44);2-4,6-8,10H,1,5,9H2/q;+1. The normalized spacial score (nSPS) is 15.8. The zero-order valence-electron chi connectivity index (χ0n) is 42.4. The summed E-state index contributed by atoms with van der Waals surface area (Å²) in [5, 5.41) is 11.8. The molecule has 17 nitrogen and oxygen atoms in total. The summed E-state index contributed by atoms with van der Waals surface area (Å²) in [4.78, 5) is 107. The molecule has 5 aromatic carbocycles. The van der Waals surface area contributed by atoms with Crippen molar-refractivity contribution in [3.8, 4) is 5.75 Å². The number of carbonyl (C=O) groups is 8. The van der Waals surface area contributed by atoms with E-state index in [0.29, 0.717) is 35.1 Å². The highest BCUT2D eigenvalue weighted by Gasteiger charge is 2.49. The Morgan fingerprint density at radius 2 is 1.51 bits per heavy atom. The van der Waals surface area contributed by atoms with Gasteiger partial charge in [0.15, 0.2) is 23.2 Å². The van der Waals surface area contributed by atoms with Gasteiger partial charge in [-0.2, -0.15) is 0 Å². The minimum Gasteiger partial charge on any atom is -0.493 e. The number of nitrogens with zero attached hydrogens (tertiary/aromatic N) is 6. The van der Waals surface area contributed by atoms with E-state index in [-0.39, 0.29) is 81.7 Å². The molecule has 400 valence electrons. The Morgan fingerprint density at radius 3 is 2.16 bits per heavy atom. The lowest BCUT2D eigenvalue weighted by molar-refractivity contribution is -0.491. The molecule has 2 fully saturated rings. The predicted octanol–water partition coefficient (Wildman–Crippen LogP) is 11.6. The maximum absolute atomic E-state index is 13.7. The number of nitrogens with one attached hydrogen (secondary N) is 2. The van der Waals surface area contributed by atoms with E-state index in [1.54, 1.807) is 32.9 Å². The van der Waals surface area contributed by atoms with Crippen LogP contribution in [0.2, 0.25) is 25.1 Å². The highest BCUT2D eigenvalue weighted by Crippen LogP contribution is 2.40. The molecule has 0 radical (unpaired) electrons. The van der Waals surface area contributed by atoms with Crippen molar-refractivity contribution in [3.05, 3.63) is 152 Å². The molecule has 2 atom stereocenters. The molecule has 3 aliphatic heterocycles. The Kier molecular flexibility index (Phi) is 18.3. The number of amides is 8. The summed E-state index contributed by atoms with van der Waals surface area (Å²) in [6.07, 6.45) is 2.17. The van der Waals surface area contributed by atoms with Gasteiger partial charge in [-0.1, -0.05) is 138 Å². The van der Waals surface area contributed by atoms with Crippen LogP contribution >= 0.6 is 58.0 Å². The second kappa shape index (κ2) is 24.5. The van der Waals surface area contributed by atoms with Crippen LogP contribution in [0.4, 0.5) is 33.2 Å². The lowest BCUT2D eigenvalue weighted by atomic mass is 9.85. The smallest absolute Gasteiger partial charge is 0.379 e. The van der Waals surface area contributed by atoms with Crippen LogP contribution in [0.25, 0.3) is 0 Å². The van der Waals surface area contributed by atoms with Crippen molar-refractivity contribution in [2.45, 2.75) is 66.5 Å². The predicted molar refractivity (Wildman–Crippen MR) is 295 cm³/mol. The number of aryl methyl sites for hydroxylation is 2.